The molecule has 2 rings (SSSR count). The van der Waals surface area contributed by atoms with Crippen molar-refractivity contribution in [2.24, 2.45) is 0 Å². The lowest BCUT2D eigenvalue weighted by Crippen LogP contribution is -2.57. The summed E-state index contributed by atoms with van der Waals surface area (Å²) in [5.41, 5.74) is 2.26. The lowest BCUT2D eigenvalue weighted by Gasteiger charge is -2.37. The topological polar surface area (TPSA) is 62.4 Å². The molecule has 0 saturated heterocycles. The summed E-state index contributed by atoms with van der Waals surface area (Å²) in [4.78, 5) is 11.8. The number of amides is 1. The average molecular weight is 422 g/mol. The fraction of sp³-hybridized carbons (Fsp3) is 0.609. The first-order valence-electron chi connectivity index (χ1n) is 10.8. The van der Waals surface area contributed by atoms with E-state index in [1.165, 1.54) is 0 Å². The van der Waals surface area contributed by atoms with E-state index in [0.29, 0.717) is 0 Å². The quantitative estimate of drug-likeness (QED) is 0.365. The molecule has 1 aliphatic carbocycles. The van der Waals surface area contributed by atoms with Crippen LogP contribution in [0.3, 0.4) is 0 Å². The highest BCUT2D eigenvalue weighted by molar-refractivity contribution is 6.30. The molecule has 0 aromatic heterocycles. The highest BCUT2D eigenvalue weighted by Crippen LogP contribution is 2.21. The van der Waals surface area contributed by atoms with Gasteiger partial charge in [0.1, 0.15) is 0 Å². The molecule has 29 heavy (non-hydrogen) atoms. The summed E-state index contributed by atoms with van der Waals surface area (Å²) in [6.45, 7) is 9.64. The van der Waals surface area contributed by atoms with Gasteiger partial charge in [-0.3, -0.25) is 4.79 Å². The van der Waals surface area contributed by atoms with Crippen LogP contribution in [-0.4, -0.2) is 43.3 Å². The van der Waals surface area contributed by atoms with Gasteiger partial charge in [0.2, 0.25) is 5.91 Å². The van der Waals surface area contributed by atoms with Crippen LogP contribution in [0.4, 0.5) is 5.69 Å². The first kappa shape index (κ1) is 23.7. The van der Waals surface area contributed by atoms with Crippen molar-refractivity contribution in [1.29, 1.82) is 0 Å². The maximum Gasteiger partial charge on any atom is 0.217 e. The van der Waals surface area contributed by atoms with E-state index in [0.717, 1.165) is 55.0 Å². The Morgan fingerprint density at radius 1 is 1.28 bits per heavy atom. The first-order chi connectivity index (χ1) is 13.9. The van der Waals surface area contributed by atoms with Crippen LogP contribution in [0.5, 0.6) is 0 Å². The SMILES string of the molecule is CCC(CC)O[C@@H]1C=CC[C@H](NCCCNc2ccc(Cl)cc2C)[C@H]1NC(C)=O. The van der Waals surface area contributed by atoms with E-state index in [9.17, 15) is 4.79 Å². The molecule has 162 valence electrons. The Bertz CT molecular complexity index is 676. The van der Waals surface area contributed by atoms with Gasteiger partial charge in [0.15, 0.2) is 0 Å². The van der Waals surface area contributed by atoms with E-state index in [1.807, 2.05) is 18.2 Å². The summed E-state index contributed by atoms with van der Waals surface area (Å²) in [6, 6.07) is 6.00. The van der Waals surface area contributed by atoms with E-state index in [4.69, 9.17) is 16.3 Å². The van der Waals surface area contributed by atoms with Crippen molar-refractivity contribution in [3.63, 3.8) is 0 Å². The number of benzene rings is 1. The molecule has 3 atom stereocenters. The predicted octanol–water partition coefficient (Wildman–Crippen LogP) is 4.45. The molecule has 0 fully saturated rings. The largest absolute Gasteiger partial charge is 0.385 e. The Morgan fingerprint density at radius 3 is 2.69 bits per heavy atom. The van der Waals surface area contributed by atoms with Crippen molar-refractivity contribution in [3.05, 3.63) is 40.9 Å². The molecule has 5 nitrogen and oxygen atoms in total. The Hall–Kier alpha value is -1.56. The van der Waals surface area contributed by atoms with E-state index in [2.05, 4.69) is 48.9 Å². The van der Waals surface area contributed by atoms with Crippen molar-refractivity contribution in [2.75, 3.05) is 18.4 Å². The maximum atomic E-state index is 11.8. The second kappa shape index (κ2) is 12.2. The van der Waals surface area contributed by atoms with Gasteiger partial charge >= 0.3 is 0 Å². The number of carbonyl (C=O) groups is 1. The molecule has 1 aromatic rings. The van der Waals surface area contributed by atoms with E-state index in [-0.39, 0.29) is 30.2 Å². The van der Waals surface area contributed by atoms with Gasteiger partial charge in [-0.2, -0.15) is 0 Å². The van der Waals surface area contributed by atoms with Crippen LogP contribution in [0, 0.1) is 6.92 Å². The first-order valence-corrected chi connectivity index (χ1v) is 11.1. The fourth-order valence-corrected chi connectivity index (χ4v) is 3.97. The molecular formula is C23H36ClN3O2. The number of anilines is 1. The van der Waals surface area contributed by atoms with Crippen molar-refractivity contribution in [1.82, 2.24) is 10.6 Å². The lowest BCUT2D eigenvalue weighted by atomic mass is 9.92. The number of hydrogen-bond acceptors (Lipinski definition) is 4. The van der Waals surface area contributed by atoms with E-state index in [1.54, 1.807) is 6.92 Å². The third-order valence-corrected chi connectivity index (χ3v) is 5.63. The molecule has 0 spiro atoms. The highest BCUT2D eigenvalue weighted by atomic mass is 35.5. The minimum atomic E-state index is -0.0927. The van der Waals surface area contributed by atoms with Gasteiger partial charge in [-0.05, 0) is 62.9 Å². The van der Waals surface area contributed by atoms with Gasteiger partial charge in [0, 0.05) is 30.2 Å². The van der Waals surface area contributed by atoms with Gasteiger partial charge in [-0.1, -0.05) is 37.6 Å². The third-order valence-electron chi connectivity index (χ3n) is 5.40. The van der Waals surface area contributed by atoms with Crippen LogP contribution in [0.15, 0.2) is 30.4 Å². The molecule has 1 aliphatic rings. The third kappa shape index (κ3) is 7.65. The minimum Gasteiger partial charge on any atom is -0.385 e. The number of carbonyl (C=O) groups excluding carboxylic acids is 1. The summed E-state index contributed by atoms with van der Waals surface area (Å²) in [5, 5.41) is 11.0. The van der Waals surface area contributed by atoms with Gasteiger partial charge in [-0.25, -0.2) is 0 Å². The van der Waals surface area contributed by atoms with Crippen LogP contribution in [-0.2, 0) is 9.53 Å². The van der Waals surface area contributed by atoms with Gasteiger partial charge in [-0.15, -0.1) is 0 Å². The Balaban J connectivity index is 1.85. The zero-order valence-electron chi connectivity index (χ0n) is 18.1. The van der Waals surface area contributed by atoms with Crippen molar-refractivity contribution >= 4 is 23.2 Å². The summed E-state index contributed by atoms with van der Waals surface area (Å²) in [6.07, 6.45) is 8.20. The maximum absolute atomic E-state index is 11.8. The molecule has 0 unspecified atom stereocenters. The summed E-state index contributed by atoms with van der Waals surface area (Å²) >= 11 is 6.01. The number of hydrogen-bond donors (Lipinski definition) is 3. The van der Waals surface area contributed by atoms with Crippen molar-refractivity contribution < 1.29 is 9.53 Å². The normalized spacial score (nSPS) is 21.4. The Morgan fingerprint density at radius 2 is 2.03 bits per heavy atom. The number of rotatable bonds is 11. The average Bonchev–Trinajstić information content (AvgIpc) is 2.68. The van der Waals surface area contributed by atoms with Crippen molar-refractivity contribution in [2.45, 2.75) is 77.7 Å². The van der Waals surface area contributed by atoms with Gasteiger partial charge < -0.3 is 20.7 Å². The van der Waals surface area contributed by atoms with Crippen LogP contribution >= 0.6 is 11.6 Å². The molecule has 6 heteroatoms. The summed E-state index contributed by atoms with van der Waals surface area (Å²) in [5.74, 6) is -0.0184. The van der Waals surface area contributed by atoms with Crippen molar-refractivity contribution in [3.8, 4) is 0 Å². The monoisotopic (exact) mass is 421 g/mol. The van der Waals surface area contributed by atoms with Crippen LogP contribution in [0.25, 0.3) is 0 Å². The number of nitrogens with one attached hydrogen (secondary N) is 3. The smallest absolute Gasteiger partial charge is 0.217 e. The molecule has 0 saturated carbocycles. The number of ether oxygens (including phenoxy) is 1. The Kier molecular flexibility index (Phi) is 9.98. The molecule has 0 bridgehead atoms. The molecule has 3 N–H and O–H groups in total. The molecule has 0 aliphatic heterocycles. The minimum absolute atomic E-state index is 0.0184. The molecule has 1 aromatic carbocycles. The Labute approximate surface area is 180 Å². The van der Waals surface area contributed by atoms with E-state index < -0.39 is 0 Å². The second-order valence-electron chi connectivity index (χ2n) is 7.73. The van der Waals surface area contributed by atoms with Crippen LogP contribution in [0.1, 0.15) is 52.0 Å². The summed E-state index contributed by atoms with van der Waals surface area (Å²) < 4.78 is 6.28. The zero-order chi connectivity index (χ0) is 21.2. The predicted molar refractivity (Wildman–Crippen MR) is 122 cm³/mol. The zero-order valence-corrected chi connectivity index (χ0v) is 18.9. The second-order valence-corrected chi connectivity index (χ2v) is 8.17. The van der Waals surface area contributed by atoms with Crippen LogP contribution < -0.4 is 16.0 Å². The molecule has 0 heterocycles. The standard InChI is InChI=1S/C23H36ClN3O2/c1-5-19(6-2)29-22-10-7-9-21(23(22)27-17(4)28)26-14-8-13-25-20-12-11-18(24)15-16(20)3/h7,10-12,15,19,21-23,25-26H,5-6,8-9,13-14H2,1-4H3,(H,27,28)/t21-,22+,23+/m0/s1. The summed E-state index contributed by atoms with van der Waals surface area (Å²) in [7, 11) is 0. The fourth-order valence-electron chi connectivity index (χ4n) is 3.74. The number of halogens is 1. The van der Waals surface area contributed by atoms with E-state index >= 15 is 0 Å². The number of aryl methyl sites for hydroxylation is 1. The molecule has 1 amide bonds. The van der Waals surface area contributed by atoms with Crippen LogP contribution in [0.2, 0.25) is 5.02 Å². The molecule has 0 radical (unpaired) electrons. The molecular weight excluding hydrogens is 386 g/mol. The van der Waals surface area contributed by atoms with Gasteiger partial charge in [0.25, 0.3) is 0 Å². The highest BCUT2D eigenvalue weighted by Gasteiger charge is 2.32. The lowest BCUT2D eigenvalue weighted by molar-refractivity contribution is -0.121. The van der Waals surface area contributed by atoms with Gasteiger partial charge in [0.05, 0.1) is 18.2 Å².